The van der Waals surface area contributed by atoms with Crippen molar-refractivity contribution < 1.29 is 0 Å². The van der Waals surface area contributed by atoms with E-state index in [0.717, 1.165) is 29.0 Å². The second-order valence-corrected chi connectivity index (χ2v) is 5.99. The van der Waals surface area contributed by atoms with Crippen molar-refractivity contribution in [1.29, 1.82) is 0 Å². The van der Waals surface area contributed by atoms with Crippen LogP contribution in [-0.4, -0.2) is 16.5 Å². The van der Waals surface area contributed by atoms with Crippen LogP contribution in [0.5, 0.6) is 0 Å². The minimum Gasteiger partial charge on any atom is -0.369 e. The van der Waals surface area contributed by atoms with Crippen LogP contribution in [0.15, 0.2) is 41.8 Å². The minimum atomic E-state index is 0.323. The summed E-state index contributed by atoms with van der Waals surface area (Å²) in [6, 6.07) is 12.6. The van der Waals surface area contributed by atoms with E-state index in [9.17, 15) is 0 Å². The Balaban J connectivity index is 1.66. The van der Waals surface area contributed by atoms with Gasteiger partial charge in [-0.3, -0.25) is 0 Å². The van der Waals surface area contributed by atoms with E-state index in [0.29, 0.717) is 11.9 Å². The lowest BCUT2D eigenvalue weighted by Gasteiger charge is -2.13. The van der Waals surface area contributed by atoms with E-state index in [4.69, 9.17) is 5.73 Å². The predicted molar refractivity (Wildman–Crippen MR) is 89.8 cm³/mol. The molecule has 0 aliphatic heterocycles. The van der Waals surface area contributed by atoms with Crippen molar-refractivity contribution in [2.24, 2.45) is 0 Å². The van der Waals surface area contributed by atoms with Gasteiger partial charge in [-0.25, -0.2) is 4.98 Å². The number of aromatic nitrogens is 2. The van der Waals surface area contributed by atoms with Crippen LogP contribution in [0.1, 0.15) is 24.8 Å². The number of nitrogens with one attached hydrogen (secondary N) is 1. The topological polar surface area (TPSA) is 63.8 Å². The van der Waals surface area contributed by atoms with E-state index in [1.165, 1.54) is 5.56 Å². The van der Waals surface area contributed by atoms with Gasteiger partial charge >= 0.3 is 0 Å². The van der Waals surface area contributed by atoms with Gasteiger partial charge in [-0.2, -0.15) is 4.98 Å². The van der Waals surface area contributed by atoms with E-state index < -0.39 is 0 Å². The highest BCUT2D eigenvalue weighted by Gasteiger charge is 2.08. The number of hydrogen-bond acceptors (Lipinski definition) is 5. The summed E-state index contributed by atoms with van der Waals surface area (Å²) in [6.45, 7) is 3.10. The fraction of sp³-hybridized carbons (Fsp3) is 0.250. The van der Waals surface area contributed by atoms with Gasteiger partial charge in [0.1, 0.15) is 10.6 Å². The van der Waals surface area contributed by atoms with Gasteiger partial charge in [0, 0.05) is 6.54 Å². The number of nitrogen functional groups attached to an aromatic ring is 1. The quantitative estimate of drug-likeness (QED) is 0.750. The molecule has 0 spiro atoms. The van der Waals surface area contributed by atoms with Crippen LogP contribution >= 0.6 is 11.3 Å². The highest BCUT2D eigenvalue weighted by molar-refractivity contribution is 7.16. The van der Waals surface area contributed by atoms with Crippen molar-refractivity contribution in [3.05, 3.63) is 47.3 Å². The molecule has 3 N–H and O–H groups in total. The van der Waals surface area contributed by atoms with Crippen molar-refractivity contribution in [1.82, 2.24) is 9.97 Å². The number of benzene rings is 1. The fourth-order valence-electron chi connectivity index (χ4n) is 2.36. The molecule has 21 heavy (non-hydrogen) atoms. The summed E-state index contributed by atoms with van der Waals surface area (Å²) < 4.78 is 0. The van der Waals surface area contributed by atoms with Crippen molar-refractivity contribution in [3.8, 4) is 0 Å². The summed E-state index contributed by atoms with van der Waals surface area (Å²) >= 11 is 1.58. The number of nitrogens with two attached hydrogens (primary N) is 1. The number of anilines is 2. The van der Waals surface area contributed by atoms with E-state index in [1.807, 2.05) is 17.5 Å². The maximum absolute atomic E-state index is 5.75. The average Bonchev–Trinajstić information content (AvgIpc) is 2.96. The van der Waals surface area contributed by atoms with Crippen LogP contribution in [0.3, 0.4) is 0 Å². The summed E-state index contributed by atoms with van der Waals surface area (Å²) in [5, 5.41) is 6.44. The molecule has 0 bridgehead atoms. The summed E-state index contributed by atoms with van der Waals surface area (Å²) in [7, 11) is 0. The zero-order valence-corrected chi connectivity index (χ0v) is 12.7. The standard InChI is InChI=1S/C16H18N4S/c1-11(12-5-3-2-4-6-12)7-9-18-14-13-8-10-21-15(13)20-16(17)19-14/h2-6,8,10-11H,7,9H2,1H3,(H3,17,18,19,20). The third-order valence-electron chi connectivity index (χ3n) is 3.58. The van der Waals surface area contributed by atoms with Crippen LogP contribution in [0.25, 0.3) is 10.2 Å². The van der Waals surface area contributed by atoms with Gasteiger partial charge < -0.3 is 11.1 Å². The summed E-state index contributed by atoms with van der Waals surface area (Å²) in [5.41, 5.74) is 7.11. The summed E-state index contributed by atoms with van der Waals surface area (Å²) in [5.74, 6) is 1.67. The van der Waals surface area contributed by atoms with Gasteiger partial charge in [-0.1, -0.05) is 37.3 Å². The van der Waals surface area contributed by atoms with Gasteiger partial charge in [0.15, 0.2) is 0 Å². The Labute approximate surface area is 128 Å². The monoisotopic (exact) mass is 298 g/mol. The molecule has 0 saturated carbocycles. The highest BCUT2D eigenvalue weighted by atomic mass is 32.1. The Hall–Kier alpha value is -2.14. The number of rotatable bonds is 5. The lowest BCUT2D eigenvalue weighted by Crippen LogP contribution is -2.08. The van der Waals surface area contributed by atoms with Crippen molar-refractivity contribution >= 4 is 33.3 Å². The molecule has 2 aromatic heterocycles. The Bertz CT molecular complexity index is 723. The molecule has 0 aliphatic rings. The number of hydrogen-bond donors (Lipinski definition) is 2. The van der Waals surface area contributed by atoms with Crippen LogP contribution in [-0.2, 0) is 0 Å². The molecular formula is C16H18N4S. The fourth-order valence-corrected chi connectivity index (χ4v) is 3.13. The molecular weight excluding hydrogens is 280 g/mol. The van der Waals surface area contributed by atoms with Gasteiger partial charge in [0.25, 0.3) is 0 Å². The molecule has 0 fully saturated rings. The third kappa shape index (κ3) is 3.13. The lowest BCUT2D eigenvalue weighted by molar-refractivity contribution is 0.705. The first-order chi connectivity index (χ1) is 10.2. The average molecular weight is 298 g/mol. The van der Waals surface area contributed by atoms with Crippen LogP contribution in [0.2, 0.25) is 0 Å². The van der Waals surface area contributed by atoms with Crippen LogP contribution in [0, 0.1) is 0 Å². The largest absolute Gasteiger partial charge is 0.369 e. The lowest BCUT2D eigenvalue weighted by atomic mass is 9.98. The Morgan fingerprint density at radius 3 is 2.81 bits per heavy atom. The first-order valence-electron chi connectivity index (χ1n) is 7.03. The smallest absolute Gasteiger partial charge is 0.223 e. The molecule has 0 amide bonds. The molecule has 5 heteroatoms. The number of thiophene rings is 1. The SMILES string of the molecule is CC(CCNc1nc(N)nc2sccc12)c1ccccc1. The second kappa shape index (κ2) is 6.10. The molecule has 3 rings (SSSR count). The van der Waals surface area contributed by atoms with E-state index in [-0.39, 0.29) is 0 Å². The molecule has 108 valence electrons. The Morgan fingerprint density at radius 2 is 2.00 bits per heavy atom. The van der Waals surface area contributed by atoms with Crippen LogP contribution < -0.4 is 11.1 Å². The van der Waals surface area contributed by atoms with Crippen molar-refractivity contribution in [2.75, 3.05) is 17.6 Å². The number of fused-ring (bicyclic) bond motifs is 1. The zero-order valence-electron chi connectivity index (χ0n) is 11.9. The van der Waals surface area contributed by atoms with Crippen LogP contribution in [0.4, 0.5) is 11.8 Å². The molecule has 0 radical (unpaired) electrons. The van der Waals surface area contributed by atoms with E-state index in [2.05, 4.69) is 46.5 Å². The molecule has 1 atom stereocenters. The second-order valence-electron chi connectivity index (χ2n) is 5.10. The minimum absolute atomic E-state index is 0.323. The Kier molecular flexibility index (Phi) is 4.01. The van der Waals surface area contributed by atoms with Gasteiger partial charge in [-0.05, 0) is 29.3 Å². The third-order valence-corrected chi connectivity index (χ3v) is 4.39. The van der Waals surface area contributed by atoms with Gasteiger partial charge in [0.05, 0.1) is 5.39 Å². The van der Waals surface area contributed by atoms with Crippen molar-refractivity contribution in [3.63, 3.8) is 0 Å². The highest BCUT2D eigenvalue weighted by Crippen LogP contribution is 2.26. The number of nitrogens with zero attached hydrogens (tertiary/aromatic N) is 2. The normalized spacial score (nSPS) is 12.4. The maximum Gasteiger partial charge on any atom is 0.223 e. The van der Waals surface area contributed by atoms with Gasteiger partial charge in [-0.15, -0.1) is 11.3 Å². The van der Waals surface area contributed by atoms with E-state index in [1.54, 1.807) is 11.3 Å². The first kappa shape index (κ1) is 13.8. The summed E-state index contributed by atoms with van der Waals surface area (Å²) in [4.78, 5) is 9.47. The molecule has 0 saturated heterocycles. The molecule has 2 heterocycles. The molecule has 3 aromatic rings. The molecule has 4 nitrogen and oxygen atoms in total. The zero-order chi connectivity index (χ0) is 14.7. The van der Waals surface area contributed by atoms with E-state index >= 15 is 0 Å². The first-order valence-corrected chi connectivity index (χ1v) is 7.91. The summed E-state index contributed by atoms with van der Waals surface area (Å²) in [6.07, 6.45) is 1.04. The molecule has 1 aromatic carbocycles. The Morgan fingerprint density at radius 1 is 1.19 bits per heavy atom. The molecule has 1 unspecified atom stereocenters. The van der Waals surface area contributed by atoms with Crippen molar-refractivity contribution in [2.45, 2.75) is 19.3 Å². The molecule has 0 aliphatic carbocycles. The predicted octanol–water partition coefficient (Wildman–Crippen LogP) is 3.88. The maximum atomic E-state index is 5.75. The van der Waals surface area contributed by atoms with Gasteiger partial charge in [0.2, 0.25) is 5.95 Å².